The zero-order valence-corrected chi connectivity index (χ0v) is 14.1. The standard InChI is InChI=1S/C16H18ClFN2O3/c1-9(8-22-4)20(3)16(21)13-10(2)23-19-15(13)14-11(17)6-5-7-12(14)18/h5-7,9H,8H2,1-4H3. The Balaban J connectivity index is 2.49. The second-order valence-electron chi connectivity index (χ2n) is 5.28. The first-order chi connectivity index (χ1) is 10.9. The van der Waals surface area contributed by atoms with Crippen molar-refractivity contribution in [3.05, 3.63) is 40.4 Å². The average Bonchev–Trinajstić information content (AvgIpc) is 2.87. The molecular weight excluding hydrogens is 323 g/mol. The number of ether oxygens (including phenoxy) is 1. The fourth-order valence-electron chi connectivity index (χ4n) is 2.25. The first kappa shape index (κ1) is 17.4. The smallest absolute Gasteiger partial charge is 0.259 e. The Morgan fingerprint density at radius 1 is 1.52 bits per heavy atom. The predicted molar refractivity (Wildman–Crippen MR) is 85.1 cm³/mol. The van der Waals surface area contributed by atoms with Crippen LogP contribution < -0.4 is 0 Å². The summed E-state index contributed by atoms with van der Waals surface area (Å²) >= 11 is 6.08. The van der Waals surface area contributed by atoms with Crippen molar-refractivity contribution in [2.24, 2.45) is 0 Å². The minimum Gasteiger partial charge on any atom is -0.383 e. The lowest BCUT2D eigenvalue weighted by Gasteiger charge is -2.24. The number of aromatic nitrogens is 1. The Hall–Kier alpha value is -1.92. The summed E-state index contributed by atoms with van der Waals surface area (Å²) in [5, 5.41) is 4.00. The molecule has 124 valence electrons. The van der Waals surface area contributed by atoms with Gasteiger partial charge in [-0.15, -0.1) is 0 Å². The molecule has 0 fully saturated rings. The van der Waals surface area contributed by atoms with Gasteiger partial charge >= 0.3 is 0 Å². The van der Waals surface area contributed by atoms with E-state index in [-0.39, 0.29) is 33.8 Å². The van der Waals surface area contributed by atoms with Gasteiger partial charge in [0.15, 0.2) is 0 Å². The summed E-state index contributed by atoms with van der Waals surface area (Å²) in [4.78, 5) is 14.3. The molecule has 1 unspecified atom stereocenters. The van der Waals surface area contributed by atoms with Crippen LogP contribution in [0.4, 0.5) is 4.39 Å². The number of hydrogen-bond donors (Lipinski definition) is 0. The lowest BCUT2D eigenvalue weighted by atomic mass is 10.0. The van der Waals surface area contributed by atoms with Crippen LogP contribution in [0.2, 0.25) is 5.02 Å². The highest BCUT2D eigenvalue weighted by molar-refractivity contribution is 6.33. The van der Waals surface area contributed by atoms with Crippen LogP contribution in [0.25, 0.3) is 11.3 Å². The van der Waals surface area contributed by atoms with Gasteiger partial charge in [-0.05, 0) is 26.0 Å². The highest BCUT2D eigenvalue weighted by Crippen LogP contribution is 2.34. The van der Waals surface area contributed by atoms with Gasteiger partial charge in [0.2, 0.25) is 0 Å². The van der Waals surface area contributed by atoms with E-state index in [2.05, 4.69) is 5.16 Å². The Labute approximate surface area is 139 Å². The Morgan fingerprint density at radius 3 is 2.83 bits per heavy atom. The van der Waals surface area contributed by atoms with Gasteiger partial charge in [0.25, 0.3) is 5.91 Å². The van der Waals surface area contributed by atoms with Crippen molar-refractivity contribution in [1.29, 1.82) is 0 Å². The van der Waals surface area contributed by atoms with Crippen LogP contribution in [0, 0.1) is 12.7 Å². The fourth-order valence-corrected chi connectivity index (χ4v) is 2.50. The van der Waals surface area contributed by atoms with Crippen LogP contribution in [0.3, 0.4) is 0 Å². The van der Waals surface area contributed by atoms with Crippen LogP contribution in [-0.2, 0) is 4.74 Å². The van der Waals surface area contributed by atoms with Gasteiger partial charge in [0.1, 0.15) is 22.8 Å². The van der Waals surface area contributed by atoms with E-state index in [1.807, 2.05) is 6.92 Å². The van der Waals surface area contributed by atoms with E-state index >= 15 is 0 Å². The number of carbonyl (C=O) groups is 1. The molecule has 1 heterocycles. The van der Waals surface area contributed by atoms with Gasteiger partial charge in [-0.3, -0.25) is 4.79 Å². The fraction of sp³-hybridized carbons (Fsp3) is 0.375. The summed E-state index contributed by atoms with van der Waals surface area (Å²) < 4.78 is 24.3. The van der Waals surface area contributed by atoms with Crippen LogP contribution in [0.1, 0.15) is 23.0 Å². The molecule has 0 radical (unpaired) electrons. The molecule has 1 aromatic carbocycles. The number of methoxy groups -OCH3 is 1. The average molecular weight is 341 g/mol. The topological polar surface area (TPSA) is 55.6 Å². The molecule has 0 aliphatic carbocycles. The number of nitrogens with zero attached hydrogens (tertiary/aromatic N) is 2. The van der Waals surface area contributed by atoms with Crippen LogP contribution in [0.5, 0.6) is 0 Å². The Kier molecular flexibility index (Phi) is 5.38. The van der Waals surface area contributed by atoms with Crippen molar-refractivity contribution in [3.63, 3.8) is 0 Å². The molecule has 1 amide bonds. The van der Waals surface area contributed by atoms with Crippen LogP contribution >= 0.6 is 11.6 Å². The molecule has 2 rings (SSSR count). The quantitative estimate of drug-likeness (QED) is 0.835. The summed E-state index contributed by atoms with van der Waals surface area (Å²) in [6, 6.07) is 4.12. The van der Waals surface area contributed by atoms with Crippen molar-refractivity contribution >= 4 is 17.5 Å². The molecule has 7 heteroatoms. The van der Waals surface area contributed by atoms with E-state index in [1.54, 1.807) is 21.1 Å². The number of amides is 1. The number of aryl methyl sites for hydroxylation is 1. The highest BCUT2D eigenvalue weighted by Gasteiger charge is 2.28. The van der Waals surface area contributed by atoms with Crippen LogP contribution in [0.15, 0.2) is 22.7 Å². The van der Waals surface area contributed by atoms with Gasteiger partial charge in [0.05, 0.1) is 23.2 Å². The largest absolute Gasteiger partial charge is 0.383 e. The molecular formula is C16H18ClFN2O3. The van der Waals surface area contributed by atoms with Crippen molar-refractivity contribution in [2.75, 3.05) is 20.8 Å². The number of halogens is 2. The summed E-state index contributed by atoms with van der Waals surface area (Å²) in [5.41, 5.74) is 0.358. The van der Waals surface area contributed by atoms with Gasteiger partial charge in [-0.25, -0.2) is 4.39 Å². The summed E-state index contributed by atoms with van der Waals surface area (Å²) in [7, 11) is 3.20. The summed E-state index contributed by atoms with van der Waals surface area (Å²) in [6.45, 7) is 3.83. The first-order valence-corrected chi connectivity index (χ1v) is 7.43. The molecule has 0 saturated carbocycles. The van der Waals surface area contributed by atoms with Crippen molar-refractivity contribution in [2.45, 2.75) is 19.9 Å². The molecule has 0 bridgehead atoms. The number of carbonyl (C=O) groups excluding carboxylic acids is 1. The molecule has 1 aromatic heterocycles. The molecule has 2 aromatic rings. The summed E-state index contributed by atoms with van der Waals surface area (Å²) in [5.74, 6) is -0.587. The van der Waals surface area contributed by atoms with Crippen molar-refractivity contribution < 1.29 is 18.4 Å². The second kappa shape index (κ2) is 7.10. The van der Waals surface area contributed by atoms with Crippen molar-refractivity contribution in [3.8, 4) is 11.3 Å². The lowest BCUT2D eigenvalue weighted by Crippen LogP contribution is -2.38. The first-order valence-electron chi connectivity index (χ1n) is 7.05. The van der Waals surface area contributed by atoms with Gasteiger partial charge in [-0.2, -0.15) is 0 Å². The molecule has 0 aliphatic rings. The third-order valence-corrected chi connectivity index (χ3v) is 3.98. The number of benzene rings is 1. The highest BCUT2D eigenvalue weighted by atomic mass is 35.5. The normalized spacial score (nSPS) is 12.3. The zero-order chi connectivity index (χ0) is 17.1. The minimum absolute atomic E-state index is 0.0576. The second-order valence-corrected chi connectivity index (χ2v) is 5.69. The number of hydrogen-bond acceptors (Lipinski definition) is 4. The molecule has 23 heavy (non-hydrogen) atoms. The number of rotatable bonds is 5. The monoisotopic (exact) mass is 340 g/mol. The van der Waals surface area contributed by atoms with E-state index in [0.717, 1.165) is 0 Å². The molecule has 1 atom stereocenters. The maximum atomic E-state index is 14.2. The van der Waals surface area contributed by atoms with Gasteiger partial charge in [0, 0.05) is 14.2 Å². The molecule has 0 N–H and O–H groups in total. The molecule has 0 spiro atoms. The van der Waals surface area contributed by atoms with Crippen LogP contribution in [-0.4, -0.2) is 42.8 Å². The maximum Gasteiger partial charge on any atom is 0.259 e. The molecule has 0 saturated heterocycles. The molecule has 5 nitrogen and oxygen atoms in total. The van der Waals surface area contributed by atoms with E-state index < -0.39 is 5.82 Å². The van der Waals surface area contributed by atoms with Gasteiger partial charge in [-0.1, -0.05) is 22.8 Å². The lowest BCUT2D eigenvalue weighted by molar-refractivity contribution is 0.0632. The third-order valence-electron chi connectivity index (χ3n) is 3.67. The third kappa shape index (κ3) is 3.38. The summed E-state index contributed by atoms with van der Waals surface area (Å²) in [6.07, 6.45) is 0. The number of likely N-dealkylation sites (N-methyl/N-ethyl adjacent to an activating group) is 1. The van der Waals surface area contributed by atoms with Gasteiger partial charge < -0.3 is 14.2 Å². The SMILES string of the molecule is COCC(C)N(C)C(=O)c1c(-c2c(F)cccc2Cl)noc1C. The zero-order valence-electron chi connectivity index (χ0n) is 13.4. The Morgan fingerprint density at radius 2 is 2.22 bits per heavy atom. The predicted octanol–water partition coefficient (Wildman–Crippen LogP) is 3.55. The van der Waals surface area contributed by atoms with E-state index in [4.69, 9.17) is 20.9 Å². The van der Waals surface area contributed by atoms with E-state index in [9.17, 15) is 9.18 Å². The van der Waals surface area contributed by atoms with E-state index in [1.165, 1.54) is 23.1 Å². The van der Waals surface area contributed by atoms with Crippen molar-refractivity contribution in [1.82, 2.24) is 10.1 Å². The maximum absolute atomic E-state index is 14.2. The minimum atomic E-state index is -0.563. The van der Waals surface area contributed by atoms with E-state index in [0.29, 0.717) is 12.4 Å². The Bertz CT molecular complexity index is 697. The molecule has 0 aliphatic heterocycles.